The van der Waals surface area contributed by atoms with Crippen molar-refractivity contribution in [2.24, 2.45) is 15.1 Å². The summed E-state index contributed by atoms with van der Waals surface area (Å²) >= 11 is 1.60. The summed E-state index contributed by atoms with van der Waals surface area (Å²) in [4.78, 5) is 15.3. The first-order chi connectivity index (χ1) is 14.3. The molecule has 2 aliphatic heterocycles. The van der Waals surface area contributed by atoms with Gasteiger partial charge in [-0.05, 0) is 40.0 Å². The zero-order valence-corrected chi connectivity index (χ0v) is 16.8. The van der Waals surface area contributed by atoms with Gasteiger partial charge in [-0.15, -0.1) is 0 Å². The summed E-state index contributed by atoms with van der Waals surface area (Å²) in [6.45, 7) is 2.14. The van der Waals surface area contributed by atoms with Gasteiger partial charge >= 0.3 is 0 Å². The maximum atomic E-state index is 5.71. The van der Waals surface area contributed by atoms with Gasteiger partial charge in [0.05, 0.1) is 0 Å². The number of nitrogens with zero attached hydrogens (tertiary/aromatic N) is 3. The lowest BCUT2D eigenvalue weighted by atomic mass is 10.0. The van der Waals surface area contributed by atoms with Gasteiger partial charge in [0, 0.05) is 17.0 Å². The summed E-state index contributed by atoms with van der Waals surface area (Å²) in [6, 6.07) is 22.8. The van der Waals surface area contributed by atoms with Crippen LogP contribution < -0.4 is 5.32 Å². The number of hydrogen-bond acceptors (Lipinski definition) is 6. The Bertz CT molecular complexity index is 1170. The highest BCUT2D eigenvalue weighted by atomic mass is 32.2. The van der Waals surface area contributed by atoms with Crippen LogP contribution in [0, 0.1) is 0 Å². The average molecular weight is 401 g/mol. The van der Waals surface area contributed by atoms with E-state index >= 15 is 0 Å². The predicted octanol–water partition coefficient (Wildman–Crippen LogP) is 5.60. The number of amidine groups is 1. The first-order valence-corrected chi connectivity index (χ1v) is 10.7. The molecule has 0 saturated heterocycles. The number of nitrogens with one attached hydrogen (secondary N) is 1. The first kappa shape index (κ1) is 17.9. The largest absolute Gasteiger partial charge is 0.359 e. The zero-order valence-electron chi connectivity index (χ0n) is 16.0. The van der Waals surface area contributed by atoms with Crippen molar-refractivity contribution in [1.29, 1.82) is 0 Å². The molecule has 1 N–H and O–H groups in total. The first-order valence-electron chi connectivity index (χ1n) is 9.71. The van der Waals surface area contributed by atoms with Crippen LogP contribution >= 0.6 is 11.8 Å². The van der Waals surface area contributed by atoms with Gasteiger partial charge < -0.3 is 10.2 Å². The minimum atomic E-state index is -0.288. The summed E-state index contributed by atoms with van der Waals surface area (Å²) in [5, 5.41) is 10.7. The molecule has 29 heavy (non-hydrogen) atoms. The normalized spacial score (nSPS) is 17.7. The molecule has 0 radical (unpaired) electrons. The molecule has 6 heteroatoms. The van der Waals surface area contributed by atoms with E-state index in [1.54, 1.807) is 11.8 Å². The Labute approximate surface area is 173 Å². The van der Waals surface area contributed by atoms with Gasteiger partial charge in [-0.2, -0.15) is 0 Å². The van der Waals surface area contributed by atoms with Gasteiger partial charge in [0.25, 0.3) is 5.90 Å². The molecule has 0 spiro atoms. The number of benzene rings is 3. The molecule has 5 rings (SSSR count). The second kappa shape index (κ2) is 7.72. The van der Waals surface area contributed by atoms with Gasteiger partial charge in [0.2, 0.25) is 5.17 Å². The zero-order chi connectivity index (χ0) is 19.6. The van der Waals surface area contributed by atoms with E-state index in [0.29, 0.717) is 11.1 Å². The lowest BCUT2D eigenvalue weighted by Crippen LogP contribution is -2.22. The van der Waals surface area contributed by atoms with Crippen LogP contribution in [0.3, 0.4) is 0 Å². The molecule has 0 aliphatic carbocycles. The molecule has 2 aliphatic rings. The Balaban J connectivity index is 1.58. The van der Waals surface area contributed by atoms with Gasteiger partial charge in [-0.25, -0.2) is 9.98 Å². The monoisotopic (exact) mass is 400 g/mol. The molecular formula is C23H20N4OS. The highest BCUT2D eigenvalue weighted by Crippen LogP contribution is 2.31. The van der Waals surface area contributed by atoms with Crippen molar-refractivity contribution in [3.63, 3.8) is 0 Å². The van der Waals surface area contributed by atoms with Crippen LogP contribution in [-0.2, 0) is 4.84 Å². The molecule has 0 saturated carbocycles. The average Bonchev–Trinajstić information content (AvgIpc) is 2.94. The Morgan fingerprint density at radius 3 is 2.72 bits per heavy atom. The van der Waals surface area contributed by atoms with Crippen molar-refractivity contribution in [3.05, 3.63) is 77.9 Å². The summed E-state index contributed by atoms with van der Waals surface area (Å²) in [5.74, 6) is 1.40. The molecule has 2 heterocycles. The molecular weight excluding hydrogens is 380 g/mol. The molecule has 3 aromatic carbocycles. The molecule has 0 aromatic heterocycles. The third-order valence-corrected chi connectivity index (χ3v) is 5.90. The summed E-state index contributed by atoms with van der Waals surface area (Å²) in [6.07, 6.45) is 0.765. The highest BCUT2D eigenvalue weighted by molar-refractivity contribution is 8.13. The molecule has 144 valence electrons. The summed E-state index contributed by atoms with van der Waals surface area (Å²) in [7, 11) is 0. The number of anilines is 1. The third-order valence-electron chi connectivity index (χ3n) is 4.87. The summed E-state index contributed by atoms with van der Waals surface area (Å²) < 4.78 is 0. The fourth-order valence-corrected chi connectivity index (χ4v) is 4.08. The lowest BCUT2D eigenvalue weighted by molar-refractivity contribution is 0.330. The van der Waals surface area contributed by atoms with Gasteiger partial charge in [0.15, 0.2) is 0 Å². The van der Waals surface area contributed by atoms with Crippen molar-refractivity contribution in [3.8, 4) is 0 Å². The highest BCUT2D eigenvalue weighted by Gasteiger charge is 2.28. The Morgan fingerprint density at radius 1 is 1.00 bits per heavy atom. The van der Waals surface area contributed by atoms with Crippen LogP contribution in [0.1, 0.15) is 30.6 Å². The number of para-hydroxylation sites is 1. The maximum Gasteiger partial charge on any atom is 0.273 e. The SMILES string of the molecule is CCCSC1=NOC2=NC(c3ccc4ccccc4c3)Nc3ccccc3C2=N1. The van der Waals surface area contributed by atoms with Crippen molar-refractivity contribution in [1.82, 2.24) is 0 Å². The topological polar surface area (TPSA) is 58.3 Å². The van der Waals surface area contributed by atoms with E-state index < -0.39 is 0 Å². The van der Waals surface area contributed by atoms with E-state index in [0.717, 1.165) is 34.7 Å². The van der Waals surface area contributed by atoms with Crippen LogP contribution in [0.15, 0.2) is 81.9 Å². The molecule has 1 atom stereocenters. The van der Waals surface area contributed by atoms with Crippen LogP contribution in [0.5, 0.6) is 0 Å². The molecule has 3 aromatic rings. The van der Waals surface area contributed by atoms with E-state index in [2.05, 4.69) is 53.8 Å². The quantitative estimate of drug-likeness (QED) is 0.623. The Hall–Kier alpha value is -3.12. The fourth-order valence-electron chi connectivity index (χ4n) is 3.45. The second-order valence-corrected chi connectivity index (χ2v) is 7.97. The Morgan fingerprint density at radius 2 is 1.83 bits per heavy atom. The standard InChI is InChI=1S/C23H20N4OS/c1-2-13-29-23-25-20-18-9-5-6-10-19(18)24-21(26-22(20)28-27-23)17-12-11-15-7-3-4-8-16(15)14-17/h3-12,14,21,24H,2,13H2,1H3. The molecule has 5 nitrogen and oxygen atoms in total. The lowest BCUT2D eigenvalue weighted by Gasteiger charge is -2.16. The van der Waals surface area contributed by atoms with Crippen LogP contribution in [-0.4, -0.2) is 22.5 Å². The number of oxime groups is 1. The smallest absolute Gasteiger partial charge is 0.273 e. The molecule has 0 fully saturated rings. The van der Waals surface area contributed by atoms with Gasteiger partial charge in [-0.3, -0.25) is 0 Å². The van der Waals surface area contributed by atoms with Crippen LogP contribution in [0.2, 0.25) is 0 Å². The molecule has 0 bridgehead atoms. The second-order valence-electron chi connectivity index (χ2n) is 6.91. The van der Waals surface area contributed by atoms with Gasteiger partial charge in [-0.1, -0.05) is 73.3 Å². The minimum Gasteiger partial charge on any atom is -0.359 e. The van der Waals surface area contributed by atoms with Gasteiger partial charge in [0.1, 0.15) is 11.9 Å². The molecule has 0 amide bonds. The predicted molar refractivity (Wildman–Crippen MR) is 122 cm³/mol. The number of thioether (sulfide) groups is 1. The van der Waals surface area contributed by atoms with E-state index in [4.69, 9.17) is 14.8 Å². The van der Waals surface area contributed by atoms with Crippen molar-refractivity contribution in [2.75, 3.05) is 11.1 Å². The van der Waals surface area contributed by atoms with E-state index in [1.165, 1.54) is 10.8 Å². The fraction of sp³-hybridized carbons (Fsp3) is 0.174. The van der Waals surface area contributed by atoms with Crippen molar-refractivity contribution >= 4 is 45.0 Å². The van der Waals surface area contributed by atoms with Crippen molar-refractivity contribution < 1.29 is 4.84 Å². The van der Waals surface area contributed by atoms with E-state index in [-0.39, 0.29) is 6.17 Å². The van der Waals surface area contributed by atoms with Crippen molar-refractivity contribution in [2.45, 2.75) is 19.5 Å². The van der Waals surface area contributed by atoms with E-state index in [1.807, 2.05) is 30.3 Å². The maximum absolute atomic E-state index is 5.71. The number of rotatable bonds is 3. The third kappa shape index (κ3) is 3.51. The minimum absolute atomic E-state index is 0.288. The number of aliphatic imine (C=N–C) groups is 2. The number of fused-ring (bicyclic) bond motifs is 4. The number of hydrogen-bond donors (Lipinski definition) is 1. The molecule has 1 unspecified atom stereocenters. The van der Waals surface area contributed by atoms with Crippen LogP contribution in [0.4, 0.5) is 5.69 Å². The Kier molecular flexibility index (Phi) is 4.77. The summed E-state index contributed by atoms with van der Waals surface area (Å²) in [5.41, 5.74) is 3.74. The van der Waals surface area contributed by atoms with Crippen LogP contribution in [0.25, 0.3) is 10.8 Å². The van der Waals surface area contributed by atoms with E-state index in [9.17, 15) is 0 Å².